The van der Waals surface area contributed by atoms with Gasteiger partial charge in [-0.05, 0) is 36.5 Å². The molecule has 0 fully saturated rings. The Balaban J connectivity index is 1.73. The number of amides is 1. The normalized spacial score (nSPS) is 13.5. The number of nitrogens with one attached hydrogen (secondary N) is 1. The van der Waals surface area contributed by atoms with Gasteiger partial charge in [0.05, 0.1) is 0 Å². The van der Waals surface area contributed by atoms with Gasteiger partial charge in [0.1, 0.15) is 13.2 Å². The Hall–Kier alpha value is -2.04. The second-order valence-corrected chi connectivity index (χ2v) is 7.30. The summed E-state index contributed by atoms with van der Waals surface area (Å²) in [6, 6.07) is 5.16. The van der Waals surface area contributed by atoms with Gasteiger partial charge in [-0.2, -0.15) is 0 Å². The van der Waals surface area contributed by atoms with Crippen LogP contribution in [0.1, 0.15) is 56.8 Å². The van der Waals surface area contributed by atoms with Crippen molar-refractivity contribution in [2.75, 3.05) is 19.8 Å². The molecule has 0 spiro atoms. The second-order valence-electron chi connectivity index (χ2n) is 7.30. The second kappa shape index (κ2) is 8.18. The maximum Gasteiger partial charge on any atom is 0.220 e. The van der Waals surface area contributed by atoms with Crippen molar-refractivity contribution in [2.24, 2.45) is 5.41 Å². The van der Waals surface area contributed by atoms with E-state index in [0.29, 0.717) is 36.8 Å². The summed E-state index contributed by atoms with van der Waals surface area (Å²) in [7, 11) is 0. The lowest BCUT2D eigenvalue weighted by Crippen LogP contribution is -2.25. The number of fused-ring (bicyclic) bond motifs is 1. The molecule has 1 aliphatic heterocycles. The maximum absolute atomic E-state index is 12.2. The number of ketones is 1. The van der Waals surface area contributed by atoms with E-state index in [2.05, 4.69) is 26.1 Å². The molecule has 0 aromatic heterocycles. The third kappa shape index (κ3) is 5.87. The van der Waals surface area contributed by atoms with Gasteiger partial charge in [-0.25, -0.2) is 0 Å². The summed E-state index contributed by atoms with van der Waals surface area (Å²) in [6.07, 6.45) is 2.42. The molecule has 1 amide bonds. The molecule has 0 bridgehead atoms. The van der Waals surface area contributed by atoms with Gasteiger partial charge in [-0.3, -0.25) is 9.59 Å². The molecule has 1 heterocycles. The zero-order chi connectivity index (χ0) is 17.6. The fraction of sp³-hybridized carbons (Fsp3) is 0.579. The summed E-state index contributed by atoms with van der Waals surface area (Å²) in [6.45, 7) is 8.22. The van der Waals surface area contributed by atoms with Crippen LogP contribution in [0.4, 0.5) is 0 Å². The fourth-order valence-electron chi connectivity index (χ4n) is 2.52. The molecule has 2 rings (SSSR count). The van der Waals surface area contributed by atoms with Crippen LogP contribution in [-0.4, -0.2) is 31.4 Å². The van der Waals surface area contributed by atoms with Crippen LogP contribution in [0.25, 0.3) is 0 Å². The van der Waals surface area contributed by atoms with E-state index in [4.69, 9.17) is 9.47 Å². The predicted octanol–water partition coefficient (Wildman–Crippen LogP) is 3.36. The van der Waals surface area contributed by atoms with Crippen LogP contribution in [0.15, 0.2) is 18.2 Å². The lowest BCUT2D eigenvalue weighted by atomic mass is 9.91. The number of ether oxygens (including phenoxy) is 2. The standard InChI is InChI=1S/C19H27NO4/c1-19(2,3)9-4-10-20-18(22)8-6-15(21)14-5-7-16-17(13-14)24-12-11-23-16/h5,7,13H,4,6,8-12H2,1-3H3,(H,20,22). The first kappa shape index (κ1) is 18.3. The average molecular weight is 333 g/mol. The predicted molar refractivity (Wildman–Crippen MR) is 92.7 cm³/mol. The minimum atomic E-state index is -0.0743. The van der Waals surface area contributed by atoms with Gasteiger partial charge in [0.15, 0.2) is 17.3 Å². The van der Waals surface area contributed by atoms with Crippen LogP contribution in [0, 0.1) is 5.41 Å². The van der Waals surface area contributed by atoms with Crippen molar-refractivity contribution in [1.82, 2.24) is 5.32 Å². The van der Waals surface area contributed by atoms with Crippen molar-refractivity contribution in [3.05, 3.63) is 23.8 Å². The SMILES string of the molecule is CC(C)(C)CCCNC(=O)CCC(=O)c1ccc2c(c1)OCCO2. The Labute approximate surface area is 143 Å². The van der Waals surface area contributed by atoms with Gasteiger partial charge in [-0.15, -0.1) is 0 Å². The largest absolute Gasteiger partial charge is 0.486 e. The van der Waals surface area contributed by atoms with Gasteiger partial charge >= 0.3 is 0 Å². The van der Waals surface area contributed by atoms with E-state index in [1.165, 1.54) is 0 Å². The molecule has 24 heavy (non-hydrogen) atoms. The fourth-order valence-corrected chi connectivity index (χ4v) is 2.52. The zero-order valence-electron chi connectivity index (χ0n) is 14.8. The lowest BCUT2D eigenvalue weighted by Gasteiger charge is -2.18. The van der Waals surface area contributed by atoms with E-state index >= 15 is 0 Å². The molecule has 5 nitrogen and oxygen atoms in total. The summed E-state index contributed by atoms with van der Waals surface area (Å²) >= 11 is 0. The minimum Gasteiger partial charge on any atom is -0.486 e. The maximum atomic E-state index is 12.2. The summed E-state index contributed by atoms with van der Waals surface area (Å²) in [4.78, 5) is 24.0. The van der Waals surface area contributed by atoms with E-state index in [9.17, 15) is 9.59 Å². The molecule has 0 unspecified atom stereocenters. The highest BCUT2D eigenvalue weighted by molar-refractivity contribution is 5.98. The quantitative estimate of drug-likeness (QED) is 0.614. The van der Waals surface area contributed by atoms with Crippen molar-refractivity contribution < 1.29 is 19.1 Å². The third-order valence-corrected chi connectivity index (χ3v) is 3.87. The molecule has 1 aromatic carbocycles. The zero-order valence-corrected chi connectivity index (χ0v) is 14.8. The molecule has 0 saturated heterocycles. The molecule has 0 aliphatic carbocycles. The molecular formula is C19H27NO4. The van der Waals surface area contributed by atoms with E-state index in [1.807, 2.05) is 0 Å². The Morgan fingerprint density at radius 2 is 1.79 bits per heavy atom. The summed E-state index contributed by atoms with van der Waals surface area (Å²) < 4.78 is 10.9. The van der Waals surface area contributed by atoms with Gasteiger partial charge in [-0.1, -0.05) is 20.8 Å². The Kier molecular flexibility index (Phi) is 6.23. The average Bonchev–Trinajstić information content (AvgIpc) is 2.55. The third-order valence-electron chi connectivity index (χ3n) is 3.87. The monoisotopic (exact) mass is 333 g/mol. The van der Waals surface area contributed by atoms with E-state index in [-0.39, 0.29) is 29.9 Å². The number of Topliss-reactive ketones (excluding diaryl/α,β-unsaturated/α-hetero) is 1. The Morgan fingerprint density at radius 3 is 2.50 bits per heavy atom. The molecular weight excluding hydrogens is 306 g/mol. The van der Waals surface area contributed by atoms with Crippen LogP contribution in [0.3, 0.4) is 0 Å². The molecule has 0 radical (unpaired) electrons. The number of hydrogen-bond acceptors (Lipinski definition) is 4. The van der Waals surface area contributed by atoms with Gasteiger partial charge in [0.25, 0.3) is 0 Å². The van der Waals surface area contributed by atoms with Crippen molar-refractivity contribution in [3.8, 4) is 11.5 Å². The van der Waals surface area contributed by atoms with Gasteiger partial charge in [0.2, 0.25) is 5.91 Å². The van der Waals surface area contributed by atoms with Gasteiger partial charge < -0.3 is 14.8 Å². The smallest absolute Gasteiger partial charge is 0.220 e. The highest BCUT2D eigenvalue weighted by atomic mass is 16.6. The molecule has 1 aromatic rings. The van der Waals surface area contributed by atoms with Crippen molar-refractivity contribution in [2.45, 2.75) is 46.5 Å². The highest BCUT2D eigenvalue weighted by Gasteiger charge is 2.16. The number of carbonyl (C=O) groups is 2. The van der Waals surface area contributed by atoms with Crippen molar-refractivity contribution >= 4 is 11.7 Å². The Morgan fingerprint density at radius 1 is 1.08 bits per heavy atom. The summed E-state index contributed by atoms with van der Waals surface area (Å²) in [5.74, 6) is 1.12. The summed E-state index contributed by atoms with van der Waals surface area (Å²) in [5.41, 5.74) is 0.832. The van der Waals surface area contributed by atoms with Crippen molar-refractivity contribution in [1.29, 1.82) is 0 Å². The number of rotatable bonds is 7. The van der Waals surface area contributed by atoms with Crippen LogP contribution >= 0.6 is 0 Å². The molecule has 0 saturated carbocycles. The van der Waals surface area contributed by atoms with Crippen molar-refractivity contribution in [3.63, 3.8) is 0 Å². The lowest BCUT2D eigenvalue weighted by molar-refractivity contribution is -0.121. The minimum absolute atomic E-state index is 0.0585. The van der Waals surface area contributed by atoms with Gasteiger partial charge in [0, 0.05) is 24.9 Å². The van der Waals surface area contributed by atoms with Crippen LogP contribution in [0.5, 0.6) is 11.5 Å². The van der Waals surface area contributed by atoms with Crippen LogP contribution in [-0.2, 0) is 4.79 Å². The van der Waals surface area contributed by atoms with E-state index in [0.717, 1.165) is 12.8 Å². The topological polar surface area (TPSA) is 64.6 Å². The number of hydrogen-bond donors (Lipinski definition) is 1. The van der Waals surface area contributed by atoms with E-state index in [1.54, 1.807) is 18.2 Å². The number of benzene rings is 1. The molecule has 132 valence electrons. The first-order valence-corrected chi connectivity index (χ1v) is 8.55. The first-order chi connectivity index (χ1) is 11.3. The Bertz CT molecular complexity index is 590. The molecule has 0 atom stereocenters. The van der Waals surface area contributed by atoms with Crippen LogP contribution in [0.2, 0.25) is 0 Å². The first-order valence-electron chi connectivity index (χ1n) is 8.55. The molecule has 1 N–H and O–H groups in total. The van der Waals surface area contributed by atoms with Crippen LogP contribution < -0.4 is 14.8 Å². The molecule has 5 heteroatoms. The highest BCUT2D eigenvalue weighted by Crippen LogP contribution is 2.31. The molecule has 1 aliphatic rings. The summed E-state index contributed by atoms with van der Waals surface area (Å²) in [5, 5.41) is 2.88. The number of carbonyl (C=O) groups excluding carboxylic acids is 2. The van der Waals surface area contributed by atoms with E-state index < -0.39 is 0 Å².